The summed E-state index contributed by atoms with van der Waals surface area (Å²) in [5, 5.41) is 12.9. The summed E-state index contributed by atoms with van der Waals surface area (Å²) in [4.78, 5) is 16.0. The van der Waals surface area contributed by atoms with E-state index >= 15 is 0 Å². The average Bonchev–Trinajstić information content (AvgIpc) is 2.76. The molecule has 0 aliphatic carbocycles. The minimum absolute atomic E-state index is 0.267. The zero-order valence-electron chi connectivity index (χ0n) is 10.1. The smallest absolute Gasteiger partial charge is 0.257 e. The fraction of sp³-hybridized carbons (Fsp3) is 0.250. The fourth-order valence-electron chi connectivity index (χ4n) is 1.42. The van der Waals surface area contributed by atoms with Crippen molar-refractivity contribution in [2.45, 2.75) is 19.4 Å². The van der Waals surface area contributed by atoms with Crippen molar-refractivity contribution < 1.29 is 9.90 Å². The van der Waals surface area contributed by atoms with Gasteiger partial charge in [0.2, 0.25) is 5.13 Å². The van der Waals surface area contributed by atoms with Crippen LogP contribution in [0.1, 0.15) is 23.1 Å². The van der Waals surface area contributed by atoms with Crippen LogP contribution in [0.5, 0.6) is 0 Å². The third-order valence-corrected chi connectivity index (χ3v) is 3.19. The van der Waals surface area contributed by atoms with E-state index in [0.717, 1.165) is 11.5 Å². The lowest BCUT2D eigenvalue weighted by molar-refractivity contribution is 0.102. The van der Waals surface area contributed by atoms with Gasteiger partial charge in [0.1, 0.15) is 5.82 Å². The Labute approximate surface area is 119 Å². The summed E-state index contributed by atoms with van der Waals surface area (Å²) in [6, 6.07) is 6.57. The summed E-state index contributed by atoms with van der Waals surface area (Å²) in [5.74, 6) is 0.253. The molecule has 5 nitrogen and oxygen atoms in total. The van der Waals surface area contributed by atoms with Gasteiger partial charge in [0, 0.05) is 28.5 Å². The van der Waals surface area contributed by atoms with Crippen molar-refractivity contribution in [1.29, 1.82) is 0 Å². The summed E-state index contributed by atoms with van der Waals surface area (Å²) >= 11 is 6.84. The molecule has 0 radical (unpaired) electrons. The highest BCUT2D eigenvalue weighted by Gasteiger charge is 2.11. The molecule has 0 bridgehead atoms. The minimum atomic E-state index is -0.505. The SMILES string of the molecule is C[C@H](O)Cc1nsc(NC(=O)c2ccc(Cl)cc2)n1. The maximum Gasteiger partial charge on any atom is 0.257 e. The number of amides is 1. The van der Waals surface area contributed by atoms with Gasteiger partial charge >= 0.3 is 0 Å². The summed E-state index contributed by atoms with van der Waals surface area (Å²) in [6.45, 7) is 1.66. The highest BCUT2D eigenvalue weighted by atomic mass is 35.5. The second-order valence-electron chi connectivity index (χ2n) is 4.03. The van der Waals surface area contributed by atoms with E-state index in [2.05, 4.69) is 14.7 Å². The van der Waals surface area contributed by atoms with E-state index in [1.807, 2.05) is 0 Å². The number of aliphatic hydroxyl groups is 1. The quantitative estimate of drug-likeness (QED) is 0.908. The number of rotatable bonds is 4. The Hall–Kier alpha value is -1.50. The predicted molar refractivity (Wildman–Crippen MR) is 74.7 cm³/mol. The molecule has 0 aliphatic rings. The third-order valence-electron chi connectivity index (χ3n) is 2.27. The van der Waals surface area contributed by atoms with Crippen molar-refractivity contribution >= 4 is 34.2 Å². The number of halogens is 1. The van der Waals surface area contributed by atoms with Crippen LogP contribution in [0.3, 0.4) is 0 Å². The molecule has 0 unspecified atom stereocenters. The lowest BCUT2D eigenvalue weighted by atomic mass is 10.2. The fourth-order valence-corrected chi connectivity index (χ4v) is 2.14. The first-order valence-electron chi connectivity index (χ1n) is 5.62. The van der Waals surface area contributed by atoms with E-state index in [4.69, 9.17) is 11.6 Å². The monoisotopic (exact) mass is 297 g/mol. The van der Waals surface area contributed by atoms with Crippen molar-refractivity contribution in [2.75, 3.05) is 5.32 Å². The number of anilines is 1. The van der Waals surface area contributed by atoms with Gasteiger partial charge in [-0.05, 0) is 31.2 Å². The number of hydrogen-bond donors (Lipinski definition) is 2. The van der Waals surface area contributed by atoms with Crippen LogP contribution in [0.25, 0.3) is 0 Å². The van der Waals surface area contributed by atoms with E-state index in [1.165, 1.54) is 0 Å². The molecule has 100 valence electrons. The summed E-state index contributed by atoms with van der Waals surface area (Å²) < 4.78 is 4.05. The Morgan fingerprint density at radius 1 is 1.47 bits per heavy atom. The summed E-state index contributed by atoms with van der Waals surface area (Å²) in [5.41, 5.74) is 0.497. The molecule has 1 aromatic carbocycles. The Bertz CT molecular complexity index is 569. The van der Waals surface area contributed by atoms with E-state index in [-0.39, 0.29) is 5.91 Å². The number of aliphatic hydroxyl groups excluding tert-OH is 1. The molecule has 0 spiro atoms. The molecule has 1 aromatic heterocycles. The Balaban J connectivity index is 2.02. The number of carbonyl (C=O) groups is 1. The van der Waals surface area contributed by atoms with Gasteiger partial charge in [0.15, 0.2) is 0 Å². The van der Waals surface area contributed by atoms with E-state index in [1.54, 1.807) is 31.2 Å². The maximum absolute atomic E-state index is 11.9. The second kappa shape index (κ2) is 6.10. The van der Waals surface area contributed by atoms with Crippen molar-refractivity contribution in [3.8, 4) is 0 Å². The summed E-state index contributed by atoms with van der Waals surface area (Å²) in [6.07, 6.45) is -0.137. The zero-order valence-corrected chi connectivity index (χ0v) is 11.7. The first kappa shape index (κ1) is 13.9. The van der Waals surface area contributed by atoms with Gasteiger partial charge in [-0.25, -0.2) is 4.98 Å². The molecule has 0 aliphatic heterocycles. The topological polar surface area (TPSA) is 75.1 Å². The van der Waals surface area contributed by atoms with Crippen LogP contribution in [-0.2, 0) is 6.42 Å². The molecule has 0 fully saturated rings. The molecule has 1 atom stereocenters. The maximum atomic E-state index is 11.9. The number of benzene rings is 1. The van der Waals surface area contributed by atoms with Crippen molar-refractivity contribution in [3.05, 3.63) is 40.7 Å². The van der Waals surface area contributed by atoms with Crippen LogP contribution in [0, 0.1) is 0 Å². The van der Waals surface area contributed by atoms with E-state index < -0.39 is 6.10 Å². The van der Waals surface area contributed by atoms with Crippen LogP contribution >= 0.6 is 23.1 Å². The Morgan fingerprint density at radius 2 is 2.16 bits per heavy atom. The van der Waals surface area contributed by atoms with Gasteiger partial charge in [-0.1, -0.05) is 11.6 Å². The number of nitrogens with zero attached hydrogens (tertiary/aromatic N) is 2. The second-order valence-corrected chi connectivity index (χ2v) is 5.22. The van der Waals surface area contributed by atoms with Gasteiger partial charge in [-0.2, -0.15) is 4.37 Å². The van der Waals surface area contributed by atoms with E-state index in [0.29, 0.717) is 28.0 Å². The predicted octanol–water partition coefficient (Wildman–Crippen LogP) is 2.37. The van der Waals surface area contributed by atoms with Gasteiger partial charge in [0.25, 0.3) is 5.91 Å². The summed E-state index contributed by atoms with van der Waals surface area (Å²) in [7, 11) is 0. The number of aromatic nitrogens is 2. The lowest BCUT2D eigenvalue weighted by Crippen LogP contribution is -2.12. The molecule has 7 heteroatoms. The molecular weight excluding hydrogens is 286 g/mol. The third kappa shape index (κ3) is 3.99. The van der Waals surface area contributed by atoms with Gasteiger partial charge in [-0.3, -0.25) is 10.1 Å². The number of carbonyl (C=O) groups excluding carboxylic acids is 1. The molecule has 0 saturated heterocycles. The van der Waals surface area contributed by atoms with E-state index in [9.17, 15) is 9.90 Å². The Morgan fingerprint density at radius 3 is 2.79 bits per heavy atom. The minimum Gasteiger partial charge on any atom is -0.393 e. The van der Waals surface area contributed by atoms with Crippen LogP contribution in [-0.4, -0.2) is 26.5 Å². The number of nitrogens with one attached hydrogen (secondary N) is 1. The van der Waals surface area contributed by atoms with Crippen molar-refractivity contribution in [3.63, 3.8) is 0 Å². The first-order valence-corrected chi connectivity index (χ1v) is 6.77. The van der Waals surface area contributed by atoms with Crippen molar-refractivity contribution in [1.82, 2.24) is 9.36 Å². The Kier molecular flexibility index (Phi) is 4.47. The van der Waals surface area contributed by atoms with Crippen molar-refractivity contribution in [2.24, 2.45) is 0 Å². The zero-order chi connectivity index (χ0) is 13.8. The van der Waals surface area contributed by atoms with Gasteiger partial charge in [-0.15, -0.1) is 0 Å². The lowest BCUT2D eigenvalue weighted by Gasteiger charge is -2.01. The number of hydrogen-bond acceptors (Lipinski definition) is 5. The molecule has 2 aromatic rings. The average molecular weight is 298 g/mol. The molecule has 19 heavy (non-hydrogen) atoms. The van der Waals surface area contributed by atoms with Crippen LogP contribution in [0.15, 0.2) is 24.3 Å². The largest absolute Gasteiger partial charge is 0.393 e. The normalized spacial score (nSPS) is 12.2. The highest BCUT2D eigenvalue weighted by Crippen LogP contribution is 2.15. The first-order chi connectivity index (χ1) is 9.04. The molecule has 2 N–H and O–H groups in total. The molecule has 2 rings (SSSR count). The highest BCUT2D eigenvalue weighted by molar-refractivity contribution is 7.09. The van der Waals surface area contributed by atoms with Gasteiger partial charge < -0.3 is 5.11 Å². The van der Waals surface area contributed by atoms with Crippen LogP contribution in [0.2, 0.25) is 5.02 Å². The standard InChI is InChI=1S/C12H12ClN3O2S/c1-7(17)6-10-14-12(19-16-10)15-11(18)8-2-4-9(13)5-3-8/h2-5,7,17H,6H2,1H3,(H,14,15,16,18)/t7-/m0/s1. The molecule has 1 amide bonds. The van der Waals surface area contributed by atoms with Crippen LogP contribution in [0.4, 0.5) is 5.13 Å². The van der Waals surface area contributed by atoms with Gasteiger partial charge in [0.05, 0.1) is 6.10 Å². The molecular formula is C12H12ClN3O2S. The molecule has 1 heterocycles. The molecule has 0 saturated carbocycles. The van der Waals surface area contributed by atoms with Crippen LogP contribution < -0.4 is 5.32 Å².